The number of benzene rings is 3. The molecular formula is C30H31FN6O5S2. The van der Waals surface area contributed by atoms with E-state index in [0.717, 1.165) is 24.6 Å². The van der Waals surface area contributed by atoms with E-state index in [0.29, 0.717) is 53.4 Å². The first-order valence-corrected chi connectivity index (χ1v) is 16.4. The normalized spacial score (nSPS) is 13.5. The molecule has 2 N–H and O–H groups in total. The van der Waals surface area contributed by atoms with Crippen molar-refractivity contribution in [3.05, 3.63) is 90.0 Å². The topological polar surface area (TPSA) is 136 Å². The van der Waals surface area contributed by atoms with E-state index in [1.165, 1.54) is 52.8 Å². The van der Waals surface area contributed by atoms with Crippen LogP contribution < -0.4 is 15.4 Å². The lowest BCUT2D eigenvalue weighted by atomic mass is 10.2. The van der Waals surface area contributed by atoms with Gasteiger partial charge in [-0.1, -0.05) is 11.8 Å². The highest BCUT2D eigenvalue weighted by Crippen LogP contribution is 2.25. The number of nitrogens with one attached hydrogen (secondary N) is 2. The molecule has 14 heteroatoms. The third-order valence-electron chi connectivity index (χ3n) is 6.79. The van der Waals surface area contributed by atoms with Crippen molar-refractivity contribution in [1.29, 1.82) is 0 Å². The number of nitrogens with zero attached hydrogens (tertiary/aromatic N) is 4. The van der Waals surface area contributed by atoms with Gasteiger partial charge in [-0.25, -0.2) is 12.8 Å². The maximum absolute atomic E-state index is 13.2. The van der Waals surface area contributed by atoms with Gasteiger partial charge < -0.3 is 15.4 Å². The molecule has 1 saturated heterocycles. The summed E-state index contributed by atoms with van der Waals surface area (Å²) < 4.78 is 47.6. The first-order chi connectivity index (χ1) is 21.2. The summed E-state index contributed by atoms with van der Waals surface area (Å²) in [5, 5.41) is 14.5. The van der Waals surface area contributed by atoms with Crippen molar-refractivity contribution < 1.29 is 27.1 Å². The zero-order chi connectivity index (χ0) is 31.1. The lowest BCUT2D eigenvalue weighted by molar-refractivity contribution is -0.113. The van der Waals surface area contributed by atoms with Gasteiger partial charge in [0.2, 0.25) is 15.9 Å². The first-order valence-electron chi connectivity index (χ1n) is 14.0. The molecule has 0 saturated carbocycles. The van der Waals surface area contributed by atoms with Crippen molar-refractivity contribution >= 4 is 39.3 Å². The Hall–Kier alpha value is -4.27. The number of halogens is 1. The number of carbonyl (C=O) groups is 2. The minimum atomic E-state index is -3.58. The van der Waals surface area contributed by atoms with Crippen LogP contribution in [-0.2, 0) is 21.4 Å². The second kappa shape index (κ2) is 14.0. The molecular weight excluding hydrogens is 607 g/mol. The van der Waals surface area contributed by atoms with Gasteiger partial charge in [-0.2, -0.15) is 4.31 Å². The Bertz CT molecular complexity index is 1710. The summed E-state index contributed by atoms with van der Waals surface area (Å²) in [5.41, 5.74) is 1.46. The number of rotatable bonds is 12. The van der Waals surface area contributed by atoms with Crippen LogP contribution in [0.1, 0.15) is 35.9 Å². The molecule has 0 bridgehead atoms. The summed E-state index contributed by atoms with van der Waals surface area (Å²) in [6, 6.07) is 18.6. The molecule has 2 heterocycles. The molecule has 0 unspecified atom stereocenters. The van der Waals surface area contributed by atoms with E-state index in [4.69, 9.17) is 4.74 Å². The molecule has 2 amide bonds. The Morgan fingerprint density at radius 2 is 1.64 bits per heavy atom. The van der Waals surface area contributed by atoms with Crippen LogP contribution >= 0.6 is 11.8 Å². The monoisotopic (exact) mass is 638 g/mol. The minimum absolute atomic E-state index is 0.00554. The number of ether oxygens (including phenoxy) is 1. The fraction of sp³-hybridized carbons (Fsp3) is 0.267. The minimum Gasteiger partial charge on any atom is -0.494 e. The zero-order valence-electron chi connectivity index (χ0n) is 23.9. The summed E-state index contributed by atoms with van der Waals surface area (Å²) in [4.78, 5) is 25.7. The van der Waals surface area contributed by atoms with Gasteiger partial charge in [0.15, 0.2) is 11.0 Å². The lowest BCUT2D eigenvalue weighted by Gasteiger charge is -2.15. The average Bonchev–Trinajstić information content (AvgIpc) is 3.72. The number of amides is 2. The fourth-order valence-electron chi connectivity index (χ4n) is 4.60. The Labute approximate surface area is 258 Å². The van der Waals surface area contributed by atoms with E-state index in [2.05, 4.69) is 20.8 Å². The van der Waals surface area contributed by atoms with Crippen LogP contribution in [0.4, 0.5) is 10.1 Å². The zero-order valence-corrected chi connectivity index (χ0v) is 25.5. The maximum atomic E-state index is 13.2. The van der Waals surface area contributed by atoms with Crippen molar-refractivity contribution in [2.75, 3.05) is 30.8 Å². The van der Waals surface area contributed by atoms with Crippen LogP contribution in [0.3, 0.4) is 0 Å². The van der Waals surface area contributed by atoms with Crippen molar-refractivity contribution in [2.24, 2.45) is 0 Å². The molecule has 0 spiro atoms. The maximum Gasteiger partial charge on any atom is 0.251 e. The number of hydrogen-bond acceptors (Lipinski definition) is 8. The molecule has 1 aromatic heterocycles. The van der Waals surface area contributed by atoms with Gasteiger partial charge in [0.1, 0.15) is 11.6 Å². The summed E-state index contributed by atoms with van der Waals surface area (Å²) in [6.07, 6.45) is 1.68. The highest BCUT2D eigenvalue weighted by molar-refractivity contribution is 7.99. The van der Waals surface area contributed by atoms with Crippen molar-refractivity contribution in [2.45, 2.75) is 36.4 Å². The number of aromatic nitrogens is 3. The van der Waals surface area contributed by atoms with Crippen LogP contribution in [0.15, 0.2) is 82.8 Å². The van der Waals surface area contributed by atoms with Gasteiger partial charge in [0.25, 0.3) is 5.91 Å². The predicted molar refractivity (Wildman–Crippen MR) is 164 cm³/mol. The number of sulfonamides is 1. The molecule has 1 aliphatic rings. The predicted octanol–water partition coefficient (Wildman–Crippen LogP) is 4.25. The molecule has 3 aromatic carbocycles. The van der Waals surface area contributed by atoms with Crippen LogP contribution in [0.5, 0.6) is 5.75 Å². The highest BCUT2D eigenvalue weighted by atomic mass is 32.2. The van der Waals surface area contributed by atoms with Gasteiger partial charge in [-0.15, -0.1) is 10.2 Å². The summed E-state index contributed by atoms with van der Waals surface area (Å²) in [5.74, 6) is -0.0227. The van der Waals surface area contributed by atoms with Crippen molar-refractivity contribution in [1.82, 2.24) is 24.4 Å². The Balaban J connectivity index is 1.29. The Morgan fingerprint density at radius 3 is 2.30 bits per heavy atom. The van der Waals surface area contributed by atoms with E-state index >= 15 is 0 Å². The second-order valence-corrected chi connectivity index (χ2v) is 12.7. The largest absolute Gasteiger partial charge is 0.494 e. The molecule has 230 valence electrons. The van der Waals surface area contributed by atoms with Crippen LogP contribution in [0.2, 0.25) is 0 Å². The standard InChI is InChI=1S/C30H31FN6O5S2/c1-2-42-25-13-11-24(12-14-25)37-27(34-35-30(37)43-20-28(38)33-23-9-7-22(31)8-10-23)19-32-29(39)21-5-15-26(16-6-21)44(40,41)36-17-3-4-18-36/h5-16H,2-4,17-20H2,1H3,(H,32,39)(H,33,38). The summed E-state index contributed by atoms with van der Waals surface area (Å²) in [6.45, 7) is 3.41. The summed E-state index contributed by atoms with van der Waals surface area (Å²) >= 11 is 1.15. The molecule has 4 aromatic rings. The number of anilines is 1. The SMILES string of the molecule is CCOc1ccc(-n2c(CNC(=O)c3ccc(S(=O)(=O)N4CCCC4)cc3)nnc2SCC(=O)Nc2ccc(F)cc2)cc1. The van der Waals surface area contributed by atoms with E-state index in [-0.39, 0.29) is 23.1 Å². The average molecular weight is 639 g/mol. The number of hydrogen-bond donors (Lipinski definition) is 2. The smallest absolute Gasteiger partial charge is 0.251 e. The molecule has 11 nitrogen and oxygen atoms in total. The van der Waals surface area contributed by atoms with E-state index in [1.54, 1.807) is 16.7 Å². The van der Waals surface area contributed by atoms with Gasteiger partial charge in [0.05, 0.1) is 23.8 Å². The molecule has 0 aliphatic carbocycles. The van der Waals surface area contributed by atoms with E-state index < -0.39 is 21.7 Å². The van der Waals surface area contributed by atoms with Crippen molar-refractivity contribution in [3.8, 4) is 11.4 Å². The van der Waals surface area contributed by atoms with Crippen LogP contribution in [-0.4, -0.2) is 64.8 Å². The van der Waals surface area contributed by atoms with Crippen LogP contribution in [0.25, 0.3) is 5.69 Å². The van der Waals surface area contributed by atoms with Crippen LogP contribution in [0, 0.1) is 5.82 Å². The van der Waals surface area contributed by atoms with E-state index in [9.17, 15) is 22.4 Å². The molecule has 0 radical (unpaired) electrons. The Morgan fingerprint density at radius 1 is 0.955 bits per heavy atom. The summed E-state index contributed by atoms with van der Waals surface area (Å²) in [7, 11) is -3.58. The second-order valence-electron chi connectivity index (χ2n) is 9.82. The van der Waals surface area contributed by atoms with Crippen molar-refractivity contribution in [3.63, 3.8) is 0 Å². The highest BCUT2D eigenvalue weighted by Gasteiger charge is 2.27. The molecule has 5 rings (SSSR count). The lowest BCUT2D eigenvalue weighted by Crippen LogP contribution is -2.28. The van der Waals surface area contributed by atoms with E-state index in [1.807, 2.05) is 19.1 Å². The molecule has 1 aliphatic heterocycles. The van der Waals surface area contributed by atoms with Gasteiger partial charge in [-0.3, -0.25) is 14.2 Å². The molecule has 44 heavy (non-hydrogen) atoms. The third-order valence-corrected chi connectivity index (χ3v) is 9.63. The van der Waals surface area contributed by atoms with Gasteiger partial charge >= 0.3 is 0 Å². The van der Waals surface area contributed by atoms with Gasteiger partial charge in [-0.05, 0) is 92.6 Å². The fourth-order valence-corrected chi connectivity index (χ4v) is 6.89. The quantitative estimate of drug-likeness (QED) is 0.220. The Kier molecular flexibility index (Phi) is 9.92. The number of carbonyl (C=O) groups excluding carboxylic acids is 2. The van der Waals surface area contributed by atoms with Gasteiger partial charge in [0, 0.05) is 30.0 Å². The molecule has 1 fully saturated rings. The number of thioether (sulfide) groups is 1. The first kappa shape index (κ1) is 31.2. The molecule has 0 atom stereocenters. The third kappa shape index (κ3) is 7.44.